The fourth-order valence-electron chi connectivity index (χ4n) is 5.02. The normalized spacial score (nSPS) is 11.7. The average molecular weight is 748 g/mol. The van der Waals surface area contributed by atoms with Crippen molar-refractivity contribution in [1.29, 1.82) is 0 Å². The Labute approximate surface area is 266 Å². The van der Waals surface area contributed by atoms with Crippen molar-refractivity contribution in [3.63, 3.8) is 0 Å². The number of nitrogens with one attached hydrogen (secondary N) is 2. The van der Waals surface area contributed by atoms with E-state index in [9.17, 15) is 0 Å². The van der Waals surface area contributed by atoms with Gasteiger partial charge in [0.25, 0.3) is 0 Å². The van der Waals surface area contributed by atoms with E-state index in [1.807, 2.05) is 23.2 Å². The molecule has 0 spiro atoms. The largest absolute Gasteiger partial charge is 1.00 e. The zero-order valence-corrected chi connectivity index (χ0v) is 26.3. The van der Waals surface area contributed by atoms with Crippen molar-refractivity contribution in [3.8, 4) is 22.3 Å². The van der Waals surface area contributed by atoms with Crippen LogP contribution in [0.25, 0.3) is 68.6 Å². The summed E-state index contributed by atoms with van der Waals surface area (Å²) in [5.74, 6) is 0. The molecule has 198 valence electrons. The lowest BCUT2D eigenvalue weighted by molar-refractivity contribution is -0.671. The Morgan fingerprint density at radius 3 is 1.40 bits per heavy atom. The highest BCUT2D eigenvalue weighted by Crippen LogP contribution is 2.31. The maximum Gasteiger partial charge on any atom is 0.169 e. The Morgan fingerprint density at radius 1 is 0.525 bits per heavy atom. The van der Waals surface area contributed by atoms with Gasteiger partial charge in [0.15, 0.2) is 24.8 Å². The highest BCUT2D eigenvalue weighted by molar-refractivity contribution is 5.94. The van der Waals surface area contributed by atoms with Gasteiger partial charge in [-0.15, -0.1) is 0 Å². The van der Waals surface area contributed by atoms with Gasteiger partial charge in [-0.05, 0) is 71.8 Å². The molecule has 5 aromatic heterocycles. The van der Waals surface area contributed by atoms with Gasteiger partial charge in [-0.1, -0.05) is 0 Å². The third-order valence-corrected chi connectivity index (χ3v) is 6.93. The Bertz CT molecular complexity index is 1840. The van der Waals surface area contributed by atoms with Crippen molar-refractivity contribution in [3.05, 3.63) is 108 Å². The third kappa shape index (κ3) is 5.37. The van der Waals surface area contributed by atoms with Crippen LogP contribution in [0, 0.1) is 0 Å². The fourth-order valence-corrected chi connectivity index (χ4v) is 5.02. The summed E-state index contributed by atoms with van der Waals surface area (Å²) in [7, 11) is 4.05. The van der Waals surface area contributed by atoms with E-state index in [4.69, 9.17) is 9.97 Å². The molecule has 40 heavy (non-hydrogen) atoms. The number of halogens is 2. The molecule has 6 nitrogen and oxygen atoms in total. The van der Waals surface area contributed by atoms with Crippen LogP contribution in [-0.4, -0.2) is 19.9 Å². The summed E-state index contributed by atoms with van der Waals surface area (Å²) in [6.45, 7) is 0. The number of H-pyrrole nitrogens is 2. The molecule has 7 rings (SSSR count). The summed E-state index contributed by atoms with van der Waals surface area (Å²) in [4.78, 5) is 17.2. The molecule has 0 saturated heterocycles. The summed E-state index contributed by atoms with van der Waals surface area (Å²) in [6, 6.07) is 21.1. The number of rotatable bonds is 2. The second-order valence-corrected chi connectivity index (χ2v) is 9.71. The molecule has 0 atom stereocenters. The SMILES string of the molecule is C[n+]1ccc(-c2c3nc(cc4ccc([nH]4)c(-c4cc[n+](C)cc4)c4ccc(cc5nc2C=C5)[nH]4)C=C3)cc1.[I-].[I-]. The van der Waals surface area contributed by atoms with Gasteiger partial charge in [0.2, 0.25) is 0 Å². The molecule has 0 aliphatic carbocycles. The number of hydrogen-bond acceptors (Lipinski definition) is 2. The zero-order chi connectivity index (χ0) is 25.6. The van der Waals surface area contributed by atoms with E-state index in [-0.39, 0.29) is 48.0 Å². The van der Waals surface area contributed by atoms with E-state index < -0.39 is 0 Å². The number of fused-ring (bicyclic) bond motifs is 8. The van der Waals surface area contributed by atoms with Crippen LogP contribution in [0.2, 0.25) is 0 Å². The van der Waals surface area contributed by atoms with Crippen molar-refractivity contribution >= 4 is 46.4 Å². The number of aromatic nitrogens is 6. The molecule has 2 aliphatic heterocycles. The standard InChI is InChI=1S/C32H25N6.2HI/c1-37-15-11-21(12-16-37)31-27-7-3-23(33-27)19-25-5-9-29(35-25)32(22-13-17-38(2)18-14-22)30-10-6-26(36-30)20-24-4-8-28(31)34-24;;/h3-20H,1-2H3,(H,33,34,35,36);2*1H/q+1;;/p-1. The quantitative estimate of drug-likeness (QED) is 0.188. The molecule has 7 heterocycles. The van der Waals surface area contributed by atoms with Gasteiger partial charge < -0.3 is 57.9 Å². The minimum Gasteiger partial charge on any atom is -1.00 e. The number of pyridine rings is 2. The summed E-state index contributed by atoms with van der Waals surface area (Å²) in [5.41, 5.74) is 12.0. The van der Waals surface area contributed by atoms with E-state index in [0.717, 1.165) is 67.1 Å². The molecule has 0 saturated carbocycles. The second kappa shape index (κ2) is 11.5. The van der Waals surface area contributed by atoms with Crippen LogP contribution in [0.15, 0.2) is 85.5 Å². The number of hydrogen-bond donors (Lipinski definition) is 2. The van der Waals surface area contributed by atoms with Gasteiger partial charge in [-0.2, -0.15) is 0 Å². The lowest BCUT2D eigenvalue weighted by Crippen LogP contribution is -3.00. The third-order valence-electron chi connectivity index (χ3n) is 6.93. The Hall–Kier alpha value is -3.64. The first kappa shape index (κ1) is 27.9. The van der Waals surface area contributed by atoms with Crippen LogP contribution in [0.4, 0.5) is 0 Å². The van der Waals surface area contributed by atoms with Gasteiger partial charge in [0, 0.05) is 57.5 Å². The van der Waals surface area contributed by atoms with E-state index >= 15 is 0 Å². The molecular formula is C32H26I2N6. The van der Waals surface area contributed by atoms with E-state index in [1.54, 1.807) is 0 Å². The van der Waals surface area contributed by atoms with Gasteiger partial charge in [0.1, 0.15) is 14.1 Å². The number of nitrogens with zero attached hydrogens (tertiary/aromatic N) is 4. The molecule has 0 unspecified atom stereocenters. The van der Waals surface area contributed by atoms with Crippen molar-refractivity contribution in [1.82, 2.24) is 19.9 Å². The monoisotopic (exact) mass is 748 g/mol. The maximum atomic E-state index is 5.00. The minimum atomic E-state index is 0. The van der Waals surface area contributed by atoms with Gasteiger partial charge in [-0.3, -0.25) is 0 Å². The van der Waals surface area contributed by atoms with Crippen molar-refractivity contribution in [2.45, 2.75) is 0 Å². The predicted octanol–water partition coefficient (Wildman–Crippen LogP) is -0.353. The van der Waals surface area contributed by atoms with Crippen molar-refractivity contribution in [2.75, 3.05) is 0 Å². The van der Waals surface area contributed by atoms with Gasteiger partial charge >= 0.3 is 0 Å². The molecule has 2 N–H and O–H groups in total. The van der Waals surface area contributed by atoms with Crippen LogP contribution in [0.5, 0.6) is 0 Å². The molecule has 8 bridgehead atoms. The summed E-state index contributed by atoms with van der Waals surface area (Å²) in [5, 5.41) is 0. The summed E-state index contributed by atoms with van der Waals surface area (Å²) >= 11 is 0. The molecule has 2 aliphatic rings. The first-order valence-electron chi connectivity index (χ1n) is 12.6. The maximum absolute atomic E-state index is 5.00. The van der Waals surface area contributed by atoms with E-state index in [1.165, 1.54) is 0 Å². The lowest BCUT2D eigenvalue weighted by atomic mass is 10.0. The van der Waals surface area contributed by atoms with Gasteiger partial charge in [-0.25, -0.2) is 19.1 Å². The molecule has 0 amide bonds. The molecule has 0 fully saturated rings. The van der Waals surface area contributed by atoms with Crippen LogP contribution < -0.4 is 57.1 Å². The molecular weight excluding hydrogens is 722 g/mol. The van der Waals surface area contributed by atoms with E-state index in [2.05, 4.69) is 120 Å². The van der Waals surface area contributed by atoms with Gasteiger partial charge in [0.05, 0.1) is 22.8 Å². The molecule has 5 aromatic rings. The summed E-state index contributed by atoms with van der Waals surface area (Å²) < 4.78 is 4.07. The van der Waals surface area contributed by atoms with Crippen LogP contribution in [0.3, 0.4) is 0 Å². The molecule has 8 heteroatoms. The molecule has 0 radical (unpaired) electrons. The number of aryl methyl sites for hydroxylation is 2. The van der Waals surface area contributed by atoms with Crippen LogP contribution in [0.1, 0.15) is 22.8 Å². The van der Waals surface area contributed by atoms with Crippen molar-refractivity contribution < 1.29 is 57.1 Å². The molecule has 0 aromatic carbocycles. The Morgan fingerprint density at radius 2 is 0.950 bits per heavy atom. The average Bonchev–Trinajstić information content (AvgIpc) is 3.72. The number of aromatic amines is 2. The highest BCUT2D eigenvalue weighted by Gasteiger charge is 2.15. The van der Waals surface area contributed by atoms with E-state index in [0.29, 0.717) is 0 Å². The minimum absolute atomic E-state index is 0. The topological polar surface area (TPSA) is 65.1 Å². The van der Waals surface area contributed by atoms with Crippen LogP contribution in [-0.2, 0) is 14.1 Å². The first-order valence-corrected chi connectivity index (χ1v) is 12.6. The van der Waals surface area contributed by atoms with Crippen molar-refractivity contribution in [2.24, 2.45) is 14.1 Å². The highest BCUT2D eigenvalue weighted by atomic mass is 127. The Kier molecular flexibility index (Phi) is 7.99. The van der Waals surface area contributed by atoms with Crippen LogP contribution >= 0.6 is 0 Å². The smallest absolute Gasteiger partial charge is 0.169 e. The zero-order valence-electron chi connectivity index (χ0n) is 21.9. The fraction of sp³-hybridized carbons (Fsp3) is 0.0625. The lowest BCUT2D eigenvalue weighted by Gasteiger charge is -2.03. The Balaban J connectivity index is 0.00000161. The first-order chi connectivity index (χ1) is 18.6. The predicted molar refractivity (Wildman–Crippen MR) is 152 cm³/mol. The second-order valence-electron chi connectivity index (χ2n) is 9.71. The summed E-state index contributed by atoms with van der Waals surface area (Å²) in [6.07, 6.45) is 16.5.